The van der Waals surface area contributed by atoms with E-state index in [1.54, 1.807) is 0 Å². The van der Waals surface area contributed by atoms with Gasteiger partial charge < -0.3 is 15.2 Å². The highest BCUT2D eigenvalue weighted by atomic mass is 19.4. The van der Waals surface area contributed by atoms with Crippen molar-refractivity contribution in [2.45, 2.75) is 19.3 Å². The van der Waals surface area contributed by atoms with Crippen molar-refractivity contribution in [1.82, 2.24) is 20.3 Å². The topological polar surface area (TPSA) is 106 Å². The van der Waals surface area contributed by atoms with Crippen LogP contribution in [0.1, 0.15) is 5.69 Å². The van der Waals surface area contributed by atoms with Gasteiger partial charge in [-0.1, -0.05) is 5.21 Å². The first-order valence-electron chi connectivity index (χ1n) is 4.84. The number of alkyl carbamates (subject to hydrolysis) is 1. The van der Waals surface area contributed by atoms with E-state index in [1.807, 2.05) is 5.32 Å². The lowest BCUT2D eigenvalue weighted by molar-refractivity contribution is -0.160. The molecule has 1 aromatic heterocycles. The quantitative estimate of drug-likeness (QED) is 0.796. The number of nitrogens with one attached hydrogen (secondary N) is 1. The van der Waals surface area contributed by atoms with Gasteiger partial charge in [0.15, 0.2) is 6.61 Å². The van der Waals surface area contributed by atoms with E-state index in [0.717, 1.165) is 4.68 Å². The minimum Gasteiger partial charge on any atom is -0.480 e. The Balaban J connectivity index is 2.34. The third-order valence-electron chi connectivity index (χ3n) is 1.66. The largest absolute Gasteiger partial charge is 0.480 e. The van der Waals surface area contributed by atoms with Crippen molar-refractivity contribution in [2.24, 2.45) is 0 Å². The average Bonchev–Trinajstić information content (AvgIpc) is 2.69. The van der Waals surface area contributed by atoms with Gasteiger partial charge in [-0.25, -0.2) is 9.48 Å². The van der Waals surface area contributed by atoms with Crippen LogP contribution >= 0.6 is 0 Å². The van der Waals surface area contributed by atoms with Crippen LogP contribution in [0.25, 0.3) is 0 Å². The summed E-state index contributed by atoms with van der Waals surface area (Å²) in [4.78, 5) is 21.2. The summed E-state index contributed by atoms with van der Waals surface area (Å²) in [7, 11) is 0. The molecule has 0 aromatic carbocycles. The predicted molar refractivity (Wildman–Crippen MR) is 51.9 cm³/mol. The number of amides is 1. The SMILES string of the molecule is O=C(O)Cn1cc(CNC(=O)OCC(F)(F)F)nn1. The van der Waals surface area contributed by atoms with Crippen molar-refractivity contribution >= 4 is 12.1 Å². The molecule has 8 nitrogen and oxygen atoms in total. The summed E-state index contributed by atoms with van der Waals surface area (Å²) < 4.78 is 40.0. The Morgan fingerprint density at radius 2 is 2.16 bits per heavy atom. The molecule has 19 heavy (non-hydrogen) atoms. The van der Waals surface area contributed by atoms with Crippen LogP contribution in [0, 0.1) is 0 Å². The molecule has 0 saturated heterocycles. The Bertz CT molecular complexity index is 459. The summed E-state index contributed by atoms with van der Waals surface area (Å²) in [5, 5.41) is 17.4. The van der Waals surface area contributed by atoms with E-state index in [-0.39, 0.29) is 12.2 Å². The van der Waals surface area contributed by atoms with E-state index in [4.69, 9.17) is 5.11 Å². The fourth-order valence-corrected chi connectivity index (χ4v) is 0.997. The maximum Gasteiger partial charge on any atom is 0.422 e. The Kier molecular flexibility index (Phi) is 4.67. The number of aliphatic carboxylic acids is 1. The Labute approximate surface area is 104 Å². The average molecular weight is 282 g/mol. The van der Waals surface area contributed by atoms with Gasteiger partial charge in [-0.3, -0.25) is 4.79 Å². The molecule has 0 aliphatic rings. The highest BCUT2D eigenvalue weighted by molar-refractivity contribution is 5.67. The van der Waals surface area contributed by atoms with Crippen LogP contribution in [0.5, 0.6) is 0 Å². The van der Waals surface area contributed by atoms with Crippen molar-refractivity contribution in [3.8, 4) is 0 Å². The molecule has 1 amide bonds. The van der Waals surface area contributed by atoms with Gasteiger partial charge in [0, 0.05) is 0 Å². The third-order valence-corrected chi connectivity index (χ3v) is 1.66. The minimum absolute atomic E-state index is 0.185. The standard InChI is InChI=1S/C8H9F3N4O4/c9-8(10,11)4-19-7(18)12-1-5-2-15(14-13-5)3-6(16)17/h2H,1,3-4H2,(H,12,18)(H,16,17). The molecular weight excluding hydrogens is 273 g/mol. The van der Waals surface area contributed by atoms with Crippen LogP contribution in [0.2, 0.25) is 0 Å². The molecule has 0 spiro atoms. The van der Waals surface area contributed by atoms with Crippen LogP contribution < -0.4 is 5.32 Å². The first-order chi connectivity index (χ1) is 8.76. The first kappa shape index (κ1) is 14.7. The number of rotatable bonds is 5. The van der Waals surface area contributed by atoms with Crippen LogP contribution in [0.4, 0.5) is 18.0 Å². The maximum absolute atomic E-state index is 11.7. The fourth-order valence-electron chi connectivity index (χ4n) is 0.997. The van der Waals surface area contributed by atoms with Gasteiger partial charge in [-0.15, -0.1) is 5.10 Å². The lowest BCUT2D eigenvalue weighted by atomic mass is 10.5. The minimum atomic E-state index is -4.60. The molecule has 0 unspecified atom stereocenters. The lowest BCUT2D eigenvalue weighted by Gasteiger charge is -2.07. The number of halogens is 3. The number of nitrogens with zero attached hydrogens (tertiary/aromatic N) is 3. The van der Waals surface area contributed by atoms with Crippen LogP contribution in [-0.4, -0.2) is 44.9 Å². The molecule has 106 valence electrons. The van der Waals surface area contributed by atoms with Crippen molar-refractivity contribution in [2.75, 3.05) is 6.61 Å². The van der Waals surface area contributed by atoms with Gasteiger partial charge in [-0.05, 0) is 0 Å². The Morgan fingerprint density at radius 1 is 1.47 bits per heavy atom. The zero-order valence-electron chi connectivity index (χ0n) is 9.35. The molecule has 2 N–H and O–H groups in total. The summed E-state index contributed by atoms with van der Waals surface area (Å²) >= 11 is 0. The van der Waals surface area contributed by atoms with Crippen LogP contribution in [-0.2, 0) is 22.6 Å². The molecule has 0 saturated carbocycles. The first-order valence-corrected chi connectivity index (χ1v) is 4.84. The number of carboxylic acids is 1. The van der Waals surface area contributed by atoms with Crippen molar-refractivity contribution in [1.29, 1.82) is 0 Å². The number of hydrogen-bond donors (Lipinski definition) is 2. The van der Waals surface area contributed by atoms with Gasteiger partial charge in [0.1, 0.15) is 12.2 Å². The van der Waals surface area contributed by atoms with Gasteiger partial charge in [-0.2, -0.15) is 13.2 Å². The van der Waals surface area contributed by atoms with E-state index in [0.29, 0.717) is 0 Å². The smallest absolute Gasteiger partial charge is 0.422 e. The number of ether oxygens (including phenoxy) is 1. The Morgan fingerprint density at radius 3 is 2.74 bits per heavy atom. The monoisotopic (exact) mass is 282 g/mol. The molecule has 0 atom stereocenters. The zero-order chi connectivity index (χ0) is 14.5. The summed E-state index contributed by atoms with van der Waals surface area (Å²) in [6, 6.07) is 0. The normalized spacial score (nSPS) is 11.1. The highest BCUT2D eigenvalue weighted by Crippen LogP contribution is 2.14. The van der Waals surface area contributed by atoms with Crippen molar-refractivity contribution < 1.29 is 32.6 Å². The van der Waals surface area contributed by atoms with Crippen LogP contribution in [0.3, 0.4) is 0 Å². The number of carbonyl (C=O) groups excluding carboxylic acids is 1. The summed E-state index contributed by atoms with van der Waals surface area (Å²) in [5.41, 5.74) is 0.185. The molecule has 1 aromatic rings. The molecule has 0 aliphatic heterocycles. The molecule has 0 bridgehead atoms. The molecule has 1 rings (SSSR count). The van der Waals surface area contributed by atoms with E-state index >= 15 is 0 Å². The fraction of sp³-hybridized carbons (Fsp3) is 0.500. The van der Waals surface area contributed by atoms with Gasteiger partial charge >= 0.3 is 18.2 Å². The van der Waals surface area contributed by atoms with E-state index in [1.165, 1.54) is 6.20 Å². The van der Waals surface area contributed by atoms with Crippen LogP contribution in [0.15, 0.2) is 6.20 Å². The molecule has 0 aliphatic carbocycles. The number of carbonyl (C=O) groups is 2. The molecule has 0 radical (unpaired) electrons. The molecule has 11 heteroatoms. The number of alkyl halides is 3. The second kappa shape index (κ2) is 6.02. The molecule has 1 heterocycles. The zero-order valence-corrected chi connectivity index (χ0v) is 9.35. The lowest BCUT2D eigenvalue weighted by Crippen LogP contribution is -2.28. The molecular formula is C8H9F3N4O4. The van der Waals surface area contributed by atoms with E-state index < -0.39 is 31.4 Å². The number of aromatic nitrogens is 3. The molecule has 0 fully saturated rings. The predicted octanol–water partition coefficient (Wildman–Crippen LogP) is 0.151. The summed E-state index contributed by atoms with van der Waals surface area (Å²) in [5.74, 6) is -1.13. The number of hydrogen-bond acceptors (Lipinski definition) is 5. The Hall–Kier alpha value is -2.33. The van der Waals surface area contributed by atoms with Crippen molar-refractivity contribution in [3.05, 3.63) is 11.9 Å². The second-order valence-corrected chi connectivity index (χ2v) is 3.35. The summed E-state index contributed by atoms with van der Waals surface area (Å²) in [6.45, 7) is -2.33. The highest BCUT2D eigenvalue weighted by Gasteiger charge is 2.29. The van der Waals surface area contributed by atoms with Gasteiger partial charge in [0.25, 0.3) is 0 Å². The number of carboxylic acid groups (broad SMARTS) is 1. The maximum atomic E-state index is 11.7. The second-order valence-electron chi connectivity index (χ2n) is 3.35. The summed E-state index contributed by atoms with van der Waals surface area (Å²) in [6.07, 6.45) is -4.62. The van der Waals surface area contributed by atoms with E-state index in [9.17, 15) is 22.8 Å². The van der Waals surface area contributed by atoms with Gasteiger partial charge in [0.2, 0.25) is 0 Å². The van der Waals surface area contributed by atoms with E-state index in [2.05, 4.69) is 15.0 Å². The van der Waals surface area contributed by atoms with Gasteiger partial charge in [0.05, 0.1) is 12.7 Å². The third kappa shape index (κ3) is 6.24. The van der Waals surface area contributed by atoms with Crippen molar-refractivity contribution in [3.63, 3.8) is 0 Å².